The second-order valence-corrected chi connectivity index (χ2v) is 6.07. The molecule has 0 radical (unpaired) electrons. The maximum absolute atomic E-state index is 12.0. The van der Waals surface area contributed by atoms with Crippen molar-refractivity contribution in [3.05, 3.63) is 29.8 Å². The molecule has 0 spiro atoms. The summed E-state index contributed by atoms with van der Waals surface area (Å²) in [6.45, 7) is 4.65. The molecule has 1 atom stereocenters. The van der Waals surface area contributed by atoms with Crippen molar-refractivity contribution in [3.8, 4) is 5.75 Å². The standard InChI is InChI=1S/C17H24N2O3/c1-12(2)9-17(20)19(3)11-15-10-16(18-22-15)13-5-7-14(21-4)8-6-13/h5-8,12,15H,9-11H2,1-4H3/t15-/m1/s1. The highest BCUT2D eigenvalue weighted by Crippen LogP contribution is 2.20. The zero-order valence-electron chi connectivity index (χ0n) is 13.7. The first kappa shape index (κ1) is 16.3. The number of methoxy groups -OCH3 is 1. The molecule has 1 heterocycles. The molecule has 0 saturated heterocycles. The van der Waals surface area contributed by atoms with Crippen molar-refractivity contribution in [1.82, 2.24) is 4.90 Å². The summed E-state index contributed by atoms with van der Waals surface area (Å²) in [6.07, 6.45) is 1.21. The minimum absolute atomic E-state index is 0.0711. The highest BCUT2D eigenvalue weighted by Gasteiger charge is 2.25. The zero-order valence-corrected chi connectivity index (χ0v) is 13.7. The molecule has 1 amide bonds. The van der Waals surface area contributed by atoms with Gasteiger partial charge in [-0.2, -0.15) is 0 Å². The average Bonchev–Trinajstić information content (AvgIpc) is 2.95. The Hall–Kier alpha value is -2.04. The fourth-order valence-corrected chi connectivity index (χ4v) is 2.39. The largest absolute Gasteiger partial charge is 0.497 e. The van der Waals surface area contributed by atoms with Crippen LogP contribution in [-0.2, 0) is 9.63 Å². The van der Waals surface area contributed by atoms with Gasteiger partial charge in [-0.3, -0.25) is 4.79 Å². The van der Waals surface area contributed by atoms with Gasteiger partial charge in [0.25, 0.3) is 0 Å². The fraction of sp³-hybridized carbons (Fsp3) is 0.529. The van der Waals surface area contributed by atoms with E-state index in [2.05, 4.69) is 5.16 Å². The van der Waals surface area contributed by atoms with Crippen LogP contribution in [0.3, 0.4) is 0 Å². The lowest BCUT2D eigenvalue weighted by Crippen LogP contribution is -2.35. The van der Waals surface area contributed by atoms with Crippen molar-refractivity contribution >= 4 is 11.6 Å². The molecule has 0 aliphatic carbocycles. The smallest absolute Gasteiger partial charge is 0.222 e. The van der Waals surface area contributed by atoms with Crippen LogP contribution in [0.15, 0.2) is 29.4 Å². The Labute approximate surface area is 131 Å². The molecule has 120 valence electrons. The van der Waals surface area contributed by atoms with E-state index in [1.54, 1.807) is 12.0 Å². The Morgan fingerprint density at radius 3 is 2.68 bits per heavy atom. The quantitative estimate of drug-likeness (QED) is 0.812. The minimum Gasteiger partial charge on any atom is -0.497 e. The van der Waals surface area contributed by atoms with Crippen LogP contribution in [-0.4, -0.2) is 43.3 Å². The van der Waals surface area contributed by atoms with Gasteiger partial charge in [0, 0.05) is 19.9 Å². The van der Waals surface area contributed by atoms with Gasteiger partial charge >= 0.3 is 0 Å². The summed E-state index contributed by atoms with van der Waals surface area (Å²) in [7, 11) is 3.46. The van der Waals surface area contributed by atoms with Gasteiger partial charge in [-0.05, 0) is 35.7 Å². The lowest BCUT2D eigenvalue weighted by molar-refractivity contribution is -0.132. The third-order valence-corrected chi connectivity index (χ3v) is 3.64. The van der Waals surface area contributed by atoms with Crippen molar-refractivity contribution in [2.45, 2.75) is 32.8 Å². The lowest BCUT2D eigenvalue weighted by atomic mass is 10.0. The Balaban J connectivity index is 1.87. The number of amides is 1. The topological polar surface area (TPSA) is 51.1 Å². The first-order chi connectivity index (χ1) is 10.5. The SMILES string of the molecule is COc1ccc(C2=NO[C@@H](CN(C)C(=O)CC(C)C)C2)cc1. The second kappa shape index (κ2) is 7.29. The minimum atomic E-state index is -0.0711. The molecule has 5 nitrogen and oxygen atoms in total. The number of hydrogen-bond donors (Lipinski definition) is 0. The van der Waals surface area contributed by atoms with Gasteiger partial charge in [-0.1, -0.05) is 19.0 Å². The van der Waals surface area contributed by atoms with E-state index < -0.39 is 0 Å². The van der Waals surface area contributed by atoms with Gasteiger partial charge in [0.15, 0.2) is 6.10 Å². The molecule has 0 unspecified atom stereocenters. The van der Waals surface area contributed by atoms with Gasteiger partial charge in [-0.25, -0.2) is 0 Å². The number of rotatable bonds is 6. The molecular weight excluding hydrogens is 280 g/mol. The summed E-state index contributed by atoms with van der Waals surface area (Å²) in [5.74, 6) is 1.33. The Morgan fingerprint density at radius 1 is 1.41 bits per heavy atom. The van der Waals surface area contributed by atoms with E-state index in [1.807, 2.05) is 45.2 Å². The van der Waals surface area contributed by atoms with Crippen LogP contribution in [0.4, 0.5) is 0 Å². The van der Waals surface area contributed by atoms with Gasteiger partial charge in [0.1, 0.15) is 5.75 Å². The highest BCUT2D eigenvalue weighted by molar-refractivity contribution is 6.01. The maximum Gasteiger partial charge on any atom is 0.222 e. The molecule has 1 aromatic rings. The van der Waals surface area contributed by atoms with Crippen molar-refractivity contribution in [1.29, 1.82) is 0 Å². The third-order valence-electron chi connectivity index (χ3n) is 3.64. The molecule has 0 aromatic heterocycles. The zero-order chi connectivity index (χ0) is 16.1. The van der Waals surface area contributed by atoms with Crippen LogP contribution in [0.25, 0.3) is 0 Å². The Bertz CT molecular complexity index is 537. The summed E-state index contributed by atoms with van der Waals surface area (Å²) in [6, 6.07) is 7.75. The number of hydrogen-bond acceptors (Lipinski definition) is 4. The summed E-state index contributed by atoms with van der Waals surface area (Å²) < 4.78 is 5.15. The number of oxime groups is 1. The third kappa shape index (κ3) is 4.23. The first-order valence-electron chi connectivity index (χ1n) is 7.60. The summed E-state index contributed by atoms with van der Waals surface area (Å²) in [5, 5.41) is 4.15. The number of ether oxygens (including phenoxy) is 1. The number of carbonyl (C=O) groups excluding carboxylic acids is 1. The molecular formula is C17H24N2O3. The van der Waals surface area contributed by atoms with Crippen LogP contribution >= 0.6 is 0 Å². The Morgan fingerprint density at radius 2 is 2.09 bits per heavy atom. The second-order valence-electron chi connectivity index (χ2n) is 6.07. The molecule has 5 heteroatoms. The number of nitrogens with zero attached hydrogens (tertiary/aromatic N) is 2. The number of carbonyl (C=O) groups is 1. The van der Waals surface area contributed by atoms with Crippen molar-refractivity contribution in [2.75, 3.05) is 20.7 Å². The predicted molar refractivity (Wildman–Crippen MR) is 86.1 cm³/mol. The summed E-state index contributed by atoms with van der Waals surface area (Å²) in [4.78, 5) is 19.2. The first-order valence-corrected chi connectivity index (χ1v) is 7.60. The lowest BCUT2D eigenvalue weighted by Gasteiger charge is -2.20. The van der Waals surface area contributed by atoms with Crippen LogP contribution in [0.5, 0.6) is 5.75 Å². The molecule has 2 rings (SSSR count). The molecule has 1 aliphatic rings. The summed E-state index contributed by atoms with van der Waals surface area (Å²) in [5.41, 5.74) is 1.94. The van der Waals surface area contributed by atoms with E-state index >= 15 is 0 Å². The monoisotopic (exact) mass is 304 g/mol. The van der Waals surface area contributed by atoms with E-state index in [1.165, 1.54) is 0 Å². The van der Waals surface area contributed by atoms with Crippen LogP contribution in [0.2, 0.25) is 0 Å². The molecule has 0 fully saturated rings. The van der Waals surface area contributed by atoms with Gasteiger partial charge in [-0.15, -0.1) is 0 Å². The molecule has 22 heavy (non-hydrogen) atoms. The molecule has 0 N–H and O–H groups in total. The van der Waals surface area contributed by atoms with E-state index in [-0.39, 0.29) is 12.0 Å². The van der Waals surface area contributed by atoms with Crippen molar-refractivity contribution in [3.63, 3.8) is 0 Å². The molecule has 1 aliphatic heterocycles. The fourth-order valence-electron chi connectivity index (χ4n) is 2.39. The van der Waals surface area contributed by atoms with Crippen LogP contribution in [0, 0.1) is 5.92 Å². The van der Waals surface area contributed by atoms with Gasteiger partial charge in [0.05, 0.1) is 19.4 Å². The Kier molecular flexibility index (Phi) is 5.41. The van der Waals surface area contributed by atoms with Crippen LogP contribution in [0.1, 0.15) is 32.3 Å². The maximum atomic E-state index is 12.0. The molecule has 0 bridgehead atoms. The van der Waals surface area contributed by atoms with E-state index in [9.17, 15) is 4.79 Å². The highest BCUT2D eigenvalue weighted by atomic mass is 16.6. The normalized spacial score (nSPS) is 17.1. The number of likely N-dealkylation sites (N-methyl/N-ethyl adjacent to an activating group) is 1. The van der Waals surface area contributed by atoms with Gasteiger partial charge in [0.2, 0.25) is 5.91 Å². The summed E-state index contributed by atoms with van der Waals surface area (Å²) >= 11 is 0. The van der Waals surface area contributed by atoms with Crippen molar-refractivity contribution in [2.24, 2.45) is 11.1 Å². The average molecular weight is 304 g/mol. The van der Waals surface area contributed by atoms with E-state index in [4.69, 9.17) is 9.57 Å². The number of benzene rings is 1. The molecule has 1 aromatic carbocycles. The predicted octanol–water partition coefficient (Wildman–Crippen LogP) is 2.69. The van der Waals surface area contributed by atoms with E-state index in [0.717, 1.165) is 17.0 Å². The molecule has 0 saturated carbocycles. The van der Waals surface area contributed by atoms with Gasteiger partial charge < -0.3 is 14.5 Å². The van der Waals surface area contributed by atoms with Crippen LogP contribution < -0.4 is 4.74 Å². The van der Waals surface area contributed by atoms with Crippen molar-refractivity contribution < 1.29 is 14.4 Å². The van der Waals surface area contributed by atoms with E-state index in [0.29, 0.717) is 25.3 Å².